The second-order valence-corrected chi connectivity index (χ2v) is 7.45. The number of carbonyl (C=O) groups is 2. The first-order valence-corrected chi connectivity index (χ1v) is 10.6. The molecule has 0 unspecified atom stereocenters. The van der Waals surface area contributed by atoms with Gasteiger partial charge in [-0.05, 0) is 53.5 Å². The summed E-state index contributed by atoms with van der Waals surface area (Å²) < 4.78 is 25.0. The molecule has 0 radical (unpaired) electrons. The molecule has 0 aliphatic rings. The number of rotatable bonds is 8. The molecule has 0 spiro atoms. The van der Waals surface area contributed by atoms with Crippen LogP contribution in [-0.4, -0.2) is 18.5 Å². The fraction of sp³-hybridized carbons (Fsp3) is 0.143. The molecule has 3 aromatic rings. The molecule has 4 nitrogen and oxygen atoms in total. The van der Waals surface area contributed by atoms with E-state index in [-0.39, 0.29) is 18.4 Å². The van der Waals surface area contributed by atoms with Gasteiger partial charge in [0.1, 0.15) is 18.2 Å². The van der Waals surface area contributed by atoms with Crippen molar-refractivity contribution >= 4 is 18.0 Å². The summed E-state index contributed by atoms with van der Waals surface area (Å²) >= 11 is 0. The highest BCUT2D eigenvalue weighted by atomic mass is 19.1. The Morgan fingerprint density at radius 2 is 1.58 bits per heavy atom. The van der Waals surface area contributed by atoms with Crippen molar-refractivity contribution in [2.45, 2.75) is 20.3 Å². The summed E-state index contributed by atoms with van der Waals surface area (Å²) in [4.78, 5) is 22.7. The topological polar surface area (TPSA) is 52.6 Å². The van der Waals surface area contributed by atoms with Gasteiger partial charge in [-0.25, -0.2) is 9.18 Å². The molecule has 5 heteroatoms. The van der Waals surface area contributed by atoms with Crippen LogP contribution in [0.4, 0.5) is 4.39 Å². The number of halogens is 1. The number of hydrogen-bond donors (Lipinski definition) is 0. The summed E-state index contributed by atoms with van der Waals surface area (Å²) in [6.45, 7) is 7.03. The summed E-state index contributed by atoms with van der Waals surface area (Å²) in [5.41, 5.74) is 4.11. The Morgan fingerprint density at radius 1 is 0.939 bits per heavy atom. The van der Waals surface area contributed by atoms with Crippen molar-refractivity contribution in [2.24, 2.45) is 0 Å². The quantitative estimate of drug-likeness (QED) is 0.223. The van der Waals surface area contributed by atoms with E-state index in [1.165, 1.54) is 6.07 Å². The van der Waals surface area contributed by atoms with Crippen molar-refractivity contribution in [2.75, 3.05) is 6.61 Å². The van der Waals surface area contributed by atoms with Gasteiger partial charge in [-0.3, -0.25) is 4.79 Å². The van der Waals surface area contributed by atoms with Crippen LogP contribution in [-0.2, 0) is 14.3 Å². The molecule has 0 N–H and O–H groups in total. The van der Waals surface area contributed by atoms with Crippen LogP contribution in [0.1, 0.15) is 25.8 Å². The van der Waals surface area contributed by atoms with E-state index in [1.54, 1.807) is 50.3 Å². The zero-order chi connectivity index (χ0) is 23.8. The maximum absolute atomic E-state index is 14.8. The fourth-order valence-corrected chi connectivity index (χ4v) is 3.05. The Morgan fingerprint density at radius 3 is 2.18 bits per heavy atom. The molecular weight excluding hydrogens is 419 g/mol. The molecule has 0 bridgehead atoms. The Kier molecular flexibility index (Phi) is 7.92. The second-order valence-electron chi connectivity index (χ2n) is 7.45. The fourth-order valence-electron chi connectivity index (χ4n) is 3.05. The standard InChI is InChI=1S/C28H25FO4/c1-4-27(30)33-24-14-11-22(12-15-24)25-16-13-23(18-26(25)29)21-9-7-20(8-10-21)6-5-17-32-28(31)19(2)3/h5-16,18H,2,4,17H2,1,3H3/b6-5+. The van der Waals surface area contributed by atoms with E-state index in [4.69, 9.17) is 9.47 Å². The SMILES string of the molecule is C=C(C)C(=O)OC/C=C/c1ccc(-c2ccc(-c3ccc(OC(=O)CC)cc3)c(F)c2)cc1. The predicted molar refractivity (Wildman–Crippen MR) is 128 cm³/mol. The van der Waals surface area contributed by atoms with Gasteiger partial charge >= 0.3 is 11.9 Å². The molecule has 0 aliphatic heterocycles. The van der Waals surface area contributed by atoms with E-state index < -0.39 is 5.97 Å². The van der Waals surface area contributed by atoms with Gasteiger partial charge in [0.15, 0.2) is 0 Å². The highest BCUT2D eigenvalue weighted by Crippen LogP contribution is 2.29. The van der Waals surface area contributed by atoms with Gasteiger partial charge < -0.3 is 9.47 Å². The van der Waals surface area contributed by atoms with Crippen molar-refractivity contribution < 1.29 is 23.5 Å². The van der Waals surface area contributed by atoms with Gasteiger partial charge in [0.2, 0.25) is 0 Å². The number of hydrogen-bond acceptors (Lipinski definition) is 4. The summed E-state index contributed by atoms with van der Waals surface area (Å²) in [5.74, 6) is -0.637. The monoisotopic (exact) mass is 444 g/mol. The van der Waals surface area contributed by atoms with Gasteiger partial charge in [0.05, 0.1) is 0 Å². The van der Waals surface area contributed by atoms with Crippen LogP contribution in [0, 0.1) is 5.82 Å². The molecule has 0 saturated carbocycles. The van der Waals surface area contributed by atoms with Crippen LogP contribution in [0.3, 0.4) is 0 Å². The maximum Gasteiger partial charge on any atom is 0.333 e. The lowest BCUT2D eigenvalue weighted by Crippen LogP contribution is -2.05. The predicted octanol–water partition coefficient (Wildman–Crippen LogP) is 6.61. The molecule has 3 aromatic carbocycles. The van der Waals surface area contributed by atoms with Crippen LogP contribution in [0.15, 0.2) is 85.0 Å². The van der Waals surface area contributed by atoms with E-state index in [1.807, 2.05) is 36.4 Å². The van der Waals surface area contributed by atoms with Crippen LogP contribution < -0.4 is 4.74 Å². The molecule has 0 atom stereocenters. The number of carbonyl (C=O) groups excluding carboxylic acids is 2. The molecule has 0 aliphatic carbocycles. The molecule has 0 amide bonds. The van der Waals surface area contributed by atoms with Crippen molar-refractivity contribution in [1.82, 2.24) is 0 Å². The minimum atomic E-state index is -0.420. The Bertz CT molecular complexity index is 1180. The number of esters is 2. The highest BCUT2D eigenvalue weighted by Gasteiger charge is 2.09. The minimum Gasteiger partial charge on any atom is -0.458 e. The van der Waals surface area contributed by atoms with Crippen molar-refractivity contribution in [3.63, 3.8) is 0 Å². The molecular formula is C28H25FO4. The van der Waals surface area contributed by atoms with E-state index in [2.05, 4.69) is 6.58 Å². The van der Waals surface area contributed by atoms with Crippen LogP contribution >= 0.6 is 0 Å². The molecule has 3 rings (SSSR count). The summed E-state index contributed by atoms with van der Waals surface area (Å²) in [6, 6.07) is 19.5. The van der Waals surface area contributed by atoms with Crippen molar-refractivity contribution in [3.8, 4) is 28.0 Å². The van der Waals surface area contributed by atoms with Gasteiger partial charge in [0, 0.05) is 17.6 Å². The zero-order valence-corrected chi connectivity index (χ0v) is 18.6. The first-order valence-electron chi connectivity index (χ1n) is 10.6. The lowest BCUT2D eigenvalue weighted by atomic mass is 9.99. The Hall–Kier alpha value is -3.99. The lowest BCUT2D eigenvalue weighted by molar-refractivity contribution is -0.137. The average Bonchev–Trinajstić information content (AvgIpc) is 2.82. The Labute approximate surface area is 193 Å². The van der Waals surface area contributed by atoms with Crippen molar-refractivity contribution in [3.05, 3.63) is 96.3 Å². The van der Waals surface area contributed by atoms with Crippen LogP contribution in [0.5, 0.6) is 5.75 Å². The Balaban J connectivity index is 1.67. The first kappa shape index (κ1) is 23.7. The summed E-state index contributed by atoms with van der Waals surface area (Å²) in [5, 5.41) is 0. The average molecular weight is 445 g/mol. The van der Waals surface area contributed by atoms with Gasteiger partial charge in [-0.2, -0.15) is 0 Å². The normalized spacial score (nSPS) is 10.8. The van der Waals surface area contributed by atoms with Crippen molar-refractivity contribution in [1.29, 1.82) is 0 Å². The van der Waals surface area contributed by atoms with E-state index in [0.717, 1.165) is 16.7 Å². The minimum absolute atomic E-state index is 0.169. The third kappa shape index (κ3) is 6.50. The highest BCUT2D eigenvalue weighted by molar-refractivity contribution is 5.87. The number of benzene rings is 3. The lowest BCUT2D eigenvalue weighted by Gasteiger charge is -2.09. The summed E-state index contributed by atoms with van der Waals surface area (Å²) in [6.07, 6.45) is 3.89. The van der Waals surface area contributed by atoms with Gasteiger partial charge in [-0.1, -0.05) is 68.1 Å². The summed E-state index contributed by atoms with van der Waals surface area (Å²) in [7, 11) is 0. The van der Waals surface area contributed by atoms with Crippen LogP contribution in [0.25, 0.3) is 28.3 Å². The van der Waals surface area contributed by atoms with E-state index >= 15 is 0 Å². The third-order valence-electron chi connectivity index (χ3n) is 4.87. The van der Waals surface area contributed by atoms with Gasteiger partial charge in [-0.15, -0.1) is 0 Å². The molecule has 0 aromatic heterocycles. The van der Waals surface area contributed by atoms with Crippen LogP contribution in [0.2, 0.25) is 0 Å². The zero-order valence-electron chi connectivity index (χ0n) is 18.6. The molecule has 0 saturated heterocycles. The molecule has 168 valence electrons. The smallest absolute Gasteiger partial charge is 0.333 e. The third-order valence-corrected chi connectivity index (χ3v) is 4.87. The van der Waals surface area contributed by atoms with E-state index in [9.17, 15) is 14.0 Å². The molecule has 0 fully saturated rings. The first-order chi connectivity index (χ1) is 15.9. The largest absolute Gasteiger partial charge is 0.458 e. The number of ether oxygens (including phenoxy) is 2. The van der Waals surface area contributed by atoms with Gasteiger partial charge in [0.25, 0.3) is 0 Å². The molecule has 0 heterocycles. The second kappa shape index (κ2) is 11.0. The maximum atomic E-state index is 14.8. The molecule has 33 heavy (non-hydrogen) atoms. The van der Waals surface area contributed by atoms with E-state index in [0.29, 0.717) is 28.9 Å².